The van der Waals surface area contributed by atoms with Gasteiger partial charge in [0.25, 0.3) is 0 Å². The predicted octanol–water partition coefficient (Wildman–Crippen LogP) is 1.85. The van der Waals surface area contributed by atoms with Crippen LogP contribution in [0.25, 0.3) is 0 Å². The van der Waals surface area contributed by atoms with Gasteiger partial charge < -0.3 is 19.9 Å². The van der Waals surface area contributed by atoms with Gasteiger partial charge in [-0.2, -0.15) is 0 Å². The molecule has 0 saturated heterocycles. The highest BCUT2D eigenvalue weighted by Crippen LogP contribution is 2.32. The molecule has 0 aromatic heterocycles. The number of nitrogens with two attached hydrogens (primary N) is 1. The summed E-state index contributed by atoms with van der Waals surface area (Å²) in [7, 11) is 0. The largest absolute Gasteiger partial charge is 0.496 e. The second kappa shape index (κ2) is 4.90. The molecule has 4 heteroatoms. The number of para-hydroxylation sites is 2. The standard InChI is InChI=1S/C14H17NO3/c15-14(12-7-3-4-8-16-12)13-9-17-10-5-1-2-6-11(10)18-13/h1-2,5-7,13-14H,3-4,8-9,15H2. The molecule has 0 spiro atoms. The van der Waals surface area contributed by atoms with Crippen molar-refractivity contribution in [2.45, 2.75) is 25.0 Å². The van der Waals surface area contributed by atoms with E-state index in [9.17, 15) is 0 Å². The van der Waals surface area contributed by atoms with Crippen molar-refractivity contribution in [3.05, 3.63) is 36.1 Å². The Bertz CT molecular complexity index is 458. The first-order chi connectivity index (χ1) is 8.84. The molecule has 4 nitrogen and oxygen atoms in total. The molecular weight excluding hydrogens is 230 g/mol. The van der Waals surface area contributed by atoms with Crippen molar-refractivity contribution in [1.82, 2.24) is 0 Å². The Hall–Kier alpha value is -1.68. The Morgan fingerprint density at radius 1 is 1.17 bits per heavy atom. The predicted molar refractivity (Wildman–Crippen MR) is 67.6 cm³/mol. The molecule has 1 aromatic rings. The van der Waals surface area contributed by atoms with Crippen LogP contribution in [0.1, 0.15) is 12.8 Å². The van der Waals surface area contributed by atoms with Gasteiger partial charge in [0.15, 0.2) is 17.6 Å². The fraction of sp³-hybridized carbons (Fsp3) is 0.429. The van der Waals surface area contributed by atoms with Gasteiger partial charge in [-0.05, 0) is 31.1 Å². The van der Waals surface area contributed by atoms with Crippen molar-refractivity contribution in [3.8, 4) is 11.5 Å². The van der Waals surface area contributed by atoms with Crippen LogP contribution in [-0.4, -0.2) is 25.4 Å². The van der Waals surface area contributed by atoms with E-state index in [2.05, 4.69) is 6.08 Å². The van der Waals surface area contributed by atoms with Crippen LogP contribution in [0.15, 0.2) is 36.1 Å². The first-order valence-corrected chi connectivity index (χ1v) is 6.31. The molecule has 2 aliphatic heterocycles. The molecule has 3 rings (SSSR count). The van der Waals surface area contributed by atoms with Gasteiger partial charge in [0, 0.05) is 0 Å². The molecule has 0 radical (unpaired) electrons. The van der Waals surface area contributed by atoms with E-state index in [4.69, 9.17) is 19.9 Å². The average Bonchev–Trinajstić information content (AvgIpc) is 2.47. The van der Waals surface area contributed by atoms with E-state index in [0.717, 1.165) is 36.7 Å². The van der Waals surface area contributed by atoms with Gasteiger partial charge in [-0.15, -0.1) is 0 Å². The van der Waals surface area contributed by atoms with Crippen LogP contribution in [0.4, 0.5) is 0 Å². The SMILES string of the molecule is NC(C1=CCCCO1)C1COc2ccccc2O1. The number of ether oxygens (including phenoxy) is 3. The van der Waals surface area contributed by atoms with E-state index in [1.54, 1.807) is 0 Å². The van der Waals surface area contributed by atoms with Gasteiger partial charge in [-0.3, -0.25) is 0 Å². The topological polar surface area (TPSA) is 53.7 Å². The van der Waals surface area contributed by atoms with Crippen molar-refractivity contribution in [1.29, 1.82) is 0 Å². The molecule has 2 aliphatic rings. The Kier molecular flexibility index (Phi) is 3.11. The molecule has 2 N–H and O–H groups in total. The van der Waals surface area contributed by atoms with Gasteiger partial charge in [-0.25, -0.2) is 0 Å². The quantitative estimate of drug-likeness (QED) is 0.866. The maximum atomic E-state index is 6.18. The molecule has 0 amide bonds. The fourth-order valence-electron chi connectivity index (χ4n) is 2.20. The lowest BCUT2D eigenvalue weighted by molar-refractivity contribution is 0.0574. The zero-order valence-corrected chi connectivity index (χ0v) is 10.2. The van der Waals surface area contributed by atoms with Gasteiger partial charge in [0.2, 0.25) is 0 Å². The van der Waals surface area contributed by atoms with Crippen LogP contribution in [0.2, 0.25) is 0 Å². The van der Waals surface area contributed by atoms with Crippen molar-refractivity contribution < 1.29 is 14.2 Å². The summed E-state index contributed by atoms with van der Waals surface area (Å²) in [5.74, 6) is 2.36. The zero-order valence-electron chi connectivity index (χ0n) is 10.2. The highest BCUT2D eigenvalue weighted by Gasteiger charge is 2.30. The maximum Gasteiger partial charge on any atom is 0.161 e. The lowest BCUT2D eigenvalue weighted by Gasteiger charge is -2.32. The lowest BCUT2D eigenvalue weighted by Crippen LogP contribution is -2.46. The first kappa shape index (κ1) is 11.4. The summed E-state index contributed by atoms with van der Waals surface area (Å²) >= 11 is 0. The first-order valence-electron chi connectivity index (χ1n) is 6.31. The summed E-state index contributed by atoms with van der Waals surface area (Å²) in [4.78, 5) is 0. The second-order valence-electron chi connectivity index (χ2n) is 4.54. The minimum atomic E-state index is -0.265. The second-order valence-corrected chi connectivity index (χ2v) is 4.54. The molecule has 18 heavy (non-hydrogen) atoms. The van der Waals surface area contributed by atoms with Crippen molar-refractivity contribution >= 4 is 0 Å². The number of allylic oxidation sites excluding steroid dienone is 1. The number of hydrogen-bond donors (Lipinski definition) is 1. The summed E-state index contributed by atoms with van der Waals surface area (Å²) in [6.45, 7) is 1.20. The van der Waals surface area contributed by atoms with Gasteiger partial charge in [0.05, 0.1) is 6.61 Å². The fourth-order valence-corrected chi connectivity index (χ4v) is 2.20. The van der Waals surface area contributed by atoms with Gasteiger partial charge in [0.1, 0.15) is 18.4 Å². The summed E-state index contributed by atoms with van der Waals surface area (Å²) < 4.78 is 17.1. The number of hydrogen-bond acceptors (Lipinski definition) is 4. The Morgan fingerprint density at radius 2 is 2.00 bits per heavy atom. The minimum absolute atomic E-state index is 0.191. The average molecular weight is 247 g/mol. The smallest absolute Gasteiger partial charge is 0.161 e. The van der Waals surface area contributed by atoms with Crippen LogP contribution in [-0.2, 0) is 4.74 Å². The highest BCUT2D eigenvalue weighted by atomic mass is 16.6. The lowest BCUT2D eigenvalue weighted by atomic mass is 10.1. The molecule has 2 atom stereocenters. The van der Waals surface area contributed by atoms with Crippen LogP contribution in [0, 0.1) is 0 Å². The third-order valence-electron chi connectivity index (χ3n) is 3.22. The molecule has 2 heterocycles. The number of benzene rings is 1. The van der Waals surface area contributed by atoms with E-state index < -0.39 is 0 Å². The molecule has 0 bridgehead atoms. The normalized spacial score (nSPS) is 23.8. The molecule has 96 valence electrons. The minimum Gasteiger partial charge on any atom is -0.496 e. The van der Waals surface area contributed by atoms with E-state index >= 15 is 0 Å². The van der Waals surface area contributed by atoms with Gasteiger partial charge >= 0.3 is 0 Å². The highest BCUT2D eigenvalue weighted by molar-refractivity contribution is 5.41. The molecule has 2 unspecified atom stereocenters. The third-order valence-corrected chi connectivity index (χ3v) is 3.22. The molecule has 0 fully saturated rings. The van der Waals surface area contributed by atoms with Crippen molar-refractivity contribution in [3.63, 3.8) is 0 Å². The van der Waals surface area contributed by atoms with Crippen molar-refractivity contribution in [2.24, 2.45) is 5.73 Å². The summed E-state index contributed by atoms with van der Waals surface area (Å²) in [6.07, 6.45) is 3.94. The monoisotopic (exact) mass is 247 g/mol. The Morgan fingerprint density at radius 3 is 2.78 bits per heavy atom. The Labute approximate surface area is 106 Å². The van der Waals surface area contributed by atoms with E-state index in [-0.39, 0.29) is 12.1 Å². The van der Waals surface area contributed by atoms with Gasteiger partial charge in [-0.1, -0.05) is 12.1 Å². The molecule has 0 saturated carbocycles. The zero-order chi connectivity index (χ0) is 12.4. The maximum absolute atomic E-state index is 6.18. The van der Waals surface area contributed by atoms with E-state index in [1.807, 2.05) is 24.3 Å². The van der Waals surface area contributed by atoms with Crippen LogP contribution < -0.4 is 15.2 Å². The number of rotatable bonds is 2. The molecular formula is C14H17NO3. The molecule has 1 aromatic carbocycles. The number of fused-ring (bicyclic) bond motifs is 1. The van der Waals surface area contributed by atoms with E-state index in [0.29, 0.717) is 6.61 Å². The summed E-state index contributed by atoms with van der Waals surface area (Å²) in [6, 6.07) is 7.37. The van der Waals surface area contributed by atoms with Crippen LogP contribution in [0.5, 0.6) is 11.5 Å². The third kappa shape index (κ3) is 2.16. The Balaban J connectivity index is 1.73. The summed E-state index contributed by atoms with van der Waals surface area (Å²) in [5, 5.41) is 0. The van der Waals surface area contributed by atoms with Crippen LogP contribution >= 0.6 is 0 Å². The molecule has 0 aliphatic carbocycles. The summed E-state index contributed by atoms with van der Waals surface area (Å²) in [5.41, 5.74) is 6.18. The van der Waals surface area contributed by atoms with E-state index in [1.165, 1.54) is 0 Å². The van der Waals surface area contributed by atoms with Crippen LogP contribution in [0.3, 0.4) is 0 Å². The van der Waals surface area contributed by atoms with Crippen molar-refractivity contribution in [2.75, 3.05) is 13.2 Å².